The van der Waals surface area contributed by atoms with E-state index >= 15 is 0 Å². The number of hydrogen-bond acceptors (Lipinski definition) is 6. The number of carbonyl (C=O) groups is 2. The molecular formula is C23H18F4N4O4. The first-order chi connectivity index (χ1) is 16.4. The number of hydrogen-bond donors (Lipinski definition) is 1. The van der Waals surface area contributed by atoms with E-state index in [-0.39, 0.29) is 17.5 Å². The van der Waals surface area contributed by atoms with E-state index in [9.17, 15) is 31.9 Å². The van der Waals surface area contributed by atoms with Crippen LogP contribution in [0.2, 0.25) is 0 Å². The Morgan fingerprint density at radius 1 is 1.20 bits per heavy atom. The summed E-state index contributed by atoms with van der Waals surface area (Å²) in [4.78, 5) is 40.3. The lowest BCUT2D eigenvalue weighted by Crippen LogP contribution is -2.39. The van der Waals surface area contributed by atoms with Crippen molar-refractivity contribution >= 4 is 28.5 Å². The number of pyridine rings is 2. The molecule has 0 saturated heterocycles. The maximum Gasteiger partial charge on any atom is 0.491 e. The number of nitrogens with two attached hydrogens (primary N) is 1. The molecular weight excluding hydrogens is 472 g/mol. The molecule has 1 atom stereocenters. The summed E-state index contributed by atoms with van der Waals surface area (Å²) in [5.74, 6) is -4.65. The fourth-order valence-corrected chi connectivity index (χ4v) is 3.95. The molecule has 1 aromatic carbocycles. The zero-order valence-electron chi connectivity index (χ0n) is 18.4. The molecule has 35 heavy (non-hydrogen) atoms. The van der Waals surface area contributed by atoms with Crippen molar-refractivity contribution in [1.29, 1.82) is 0 Å². The highest BCUT2D eigenvalue weighted by Crippen LogP contribution is 2.30. The number of aromatic nitrogens is 3. The third kappa shape index (κ3) is 4.28. The first-order valence-electron chi connectivity index (χ1n) is 10.2. The van der Waals surface area contributed by atoms with Crippen molar-refractivity contribution in [3.63, 3.8) is 0 Å². The molecule has 0 unspecified atom stereocenters. The highest BCUT2D eigenvalue weighted by molar-refractivity contribution is 5.92. The molecule has 3 heterocycles. The van der Waals surface area contributed by atoms with Crippen LogP contribution in [0.25, 0.3) is 27.7 Å². The number of alkyl halides is 3. The average molecular weight is 490 g/mol. The molecule has 0 bridgehead atoms. The van der Waals surface area contributed by atoms with Gasteiger partial charge in [0.15, 0.2) is 0 Å². The van der Waals surface area contributed by atoms with Crippen LogP contribution in [0.5, 0.6) is 0 Å². The molecule has 2 N–H and O–H groups in total. The van der Waals surface area contributed by atoms with Gasteiger partial charge in [0.2, 0.25) is 0 Å². The zero-order valence-corrected chi connectivity index (χ0v) is 18.4. The minimum Gasteiger partial charge on any atom is -0.385 e. The van der Waals surface area contributed by atoms with Gasteiger partial charge < -0.3 is 19.4 Å². The Bertz CT molecular complexity index is 1560. The SMILES string of the molecule is Cc1c(-c2ccc(C[C@H](N)C(=O)OC(=O)C(F)(F)F)n3ccnc23)c(=O)n(C)c2ccc(F)cc12. The number of aryl methyl sites for hydroxylation is 2. The summed E-state index contributed by atoms with van der Waals surface area (Å²) in [5, 5.41) is 0.537. The van der Waals surface area contributed by atoms with Gasteiger partial charge in [0.1, 0.15) is 17.5 Å². The Morgan fingerprint density at radius 3 is 2.60 bits per heavy atom. The quantitative estimate of drug-likeness (QED) is 0.268. The van der Waals surface area contributed by atoms with Crippen LogP contribution < -0.4 is 11.3 Å². The van der Waals surface area contributed by atoms with Crippen molar-refractivity contribution in [1.82, 2.24) is 14.0 Å². The van der Waals surface area contributed by atoms with Crippen LogP contribution in [0.1, 0.15) is 11.3 Å². The smallest absolute Gasteiger partial charge is 0.385 e. The first-order valence-corrected chi connectivity index (χ1v) is 10.2. The maximum absolute atomic E-state index is 13.9. The van der Waals surface area contributed by atoms with Crippen LogP contribution in [0.15, 0.2) is 47.5 Å². The Balaban J connectivity index is 1.76. The van der Waals surface area contributed by atoms with Gasteiger partial charge in [-0.15, -0.1) is 0 Å². The molecule has 0 saturated carbocycles. The van der Waals surface area contributed by atoms with Crippen LogP contribution in [-0.4, -0.2) is 38.1 Å². The summed E-state index contributed by atoms with van der Waals surface area (Å²) in [5.41, 5.74) is 7.80. The molecule has 0 aliphatic heterocycles. The second-order valence-electron chi connectivity index (χ2n) is 7.90. The Morgan fingerprint density at radius 2 is 1.91 bits per heavy atom. The van der Waals surface area contributed by atoms with Gasteiger partial charge >= 0.3 is 18.1 Å². The second-order valence-corrected chi connectivity index (χ2v) is 7.90. The number of nitrogens with zero attached hydrogens (tertiary/aromatic N) is 3. The van der Waals surface area contributed by atoms with E-state index in [2.05, 4.69) is 9.72 Å². The van der Waals surface area contributed by atoms with Gasteiger partial charge in [-0.05, 0) is 42.8 Å². The monoisotopic (exact) mass is 490 g/mol. The lowest BCUT2D eigenvalue weighted by atomic mass is 9.98. The standard InChI is InChI=1S/C23H18F4N4O4/c1-11-15-9-12(24)3-6-17(15)30(2)20(32)18(11)14-5-4-13(31-8-7-29-19(14)31)10-16(28)21(33)35-22(34)23(25,26)27/h3-9,16H,10,28H2,1-2H3/t16-/m0/s1. The van der Waals surface area contributed by atoms with Crippen LogP contribution in [0, 0.1) is 12.7 Å². The molecule has 3 aromatic heterocycles. The normalized spacial score (nSPS) is 12.8. The number of esters is 2. The molecule has 0 aliphatic rings. The summed E-state index contributed by atoms with van der Waals surface area (Å²) in [6.45, 7) is 1.69. The van der Waals surface area contributed by atoms with Crippen molar-refractivity contribution in [2.24, 2.45) is 12.8 Å². The maximum atomic E-state index is 13.9. The van der Waals surface area contributed by atoms with Gasteiger partial charge in [-0.2, -0.15) is 13.2 Å². The van der Waals surface area contributed by atoms with Crippen molar-refractivity contribution in [2.75, 3.05) is 0 Å². The number of benzene rings is 1. The van der Waals surface area contributed by atoms with E-state index in [1.807, 2.05) is 0 Å². The fourth-order valence-electron chi connectivity index (χ4n) is 3.95. The molecule has 4 rings (SSSR count). The highest BCUT2D eigenvalue weighted by Gasteiger charge is 2.43. The van der Waals surface area contributed by atoms with Crippen molar-refractivity contribution in [3.05, 3.63) is 70.2 Å². The third-order valence-electron chi connectivity index (χ3n) is 5.68. The van der Waals surface area contributed by atoms with Crippen molar-refractivity contribution in [2.45, 2.75) is 25.6 Å². The predicted octanol–water partition coefficient (Wildman–Crippen LogP) is 2.80. The van der Waals surface area contributed by atoms with Crippen LogP contribution in [0.3, 0.4) is 0 Å². The Hall–Kier alpha value is -4.06. The Kier molecular flexibility index (Phi) is 5.93. The van der Waals surface area contributed by atoms with E-state index < -0.39 is 30.0 Å². The van der Waals surface area contributed by atoms with E-state index in [0.717, 1.165) is 0 Å². The summed E-state index contributed by atoms with van der Waals surface area (Å²) < 4.78 is 57.7. The lowest BCUT2D eigenvalue weighted by Gasteiger charge is -2.16. The first kappa shape index (κ1) is 24.1. The van der Waals surface area contributed by atoms with Gasteiger partial charge in [-0.3, -0.25) is 4.79 Å². The lowest BCUT2D eigenvalue weighted by molar-refractivity contribution is -0.202. The second kappa shape index (κ2) is 8.62. The molecule has 8 nitrogen and oxygen atoms in total. The molecule has 0 aliphatic carbocycles. The van der Waals surface area contributed by atoms with E-state index in [1.165, 1.54) is 45.6 Å². The molecule has 0 radical (unpaired) electrons. The largest absolute Gasteiger partial charge is 0.491 e. The topological polar surface area (TPSA) is 109 Å². The minimum atomic E-state index is -5.33. The van der Waals surface area contributed by atoms with Crippen LogP contribution in [0.4, 0.5) is 17.6 Å². The Labute approximate surface area is 194 Å². The average Bonchev–Trinajstić information content (AvgIpc) is 3.28. The molecule has 12 heteroatoms. The van der Waals surface area contributed by atoms with Gasteiger partial charge in [0.25, 0.3) is 5.56 Å². The number of carbonyl (C=O) groups excluding carboxylic acids is 2. The highest BCUT2D eigenvalue weighted by atomic mass is 19.4. The van der Waals surface area contributed by atoms with Crippen LogP contribution >= 0.6 is 0 Å². The summed E-state index contributed by atoms with van der Waals surface area (Å²) >= 11 is 0. The van der Waals surface area contributed by atoms with Crippen LogP contribution in [-0.2, 0) is 27.8 Å². The third-order valence-corrected chi connectivity index (χ3v) is 5.68. The summed E-state index contributed by atoms with van der Waals surface area (Å²) in [6.07, 6.45) is -2.66. The minimum absolute atomic E-state index is 0.281. The number of rotatable bonds is 4. The van der Waals surface area contributed by atoms with Gasteiger partial charge in [0.05, 0.1) is 11.1 Å². The number of ether oxygens (including phenoxy) is 1. The molecule has 0 amide bonds. The van der Waals surface area contributed by atoms with E-state index in [0.29, 0.717) is 33.4 Å². The van der Waals surface area contributed by atoms with Crippen molar-refractivity contribution < 1.29 is 31.9 Å². The molecule has 0 fully saturated rings. The van der Waals surface area contributed by atoms with E-state index in [1.54, 1.807) is 20.0 Å². The summed E-state index contributed by atoms with van der Waals surface area (Å²) in [7, 11) is 1.56. The summed E-state index contributed by atoms with van der Waals surface area (Å²) in [6, 6.07) is 5.62. The molecule has 0 spiro atoms. The zero-order chi connectivity index (χ0) is 25.7. The predicted molar refractivity (Wildman–Crippen MR) is 117 cm³/mol. The fraction of sp³-hybridized carbons (Fsp3) is 0.217. The molecule has 182 valence electrons. The molecule has 4 aromatic rings. The van der Waals surface area contributed by atoms with E-state index in [4.69, 9.17) is 5.73 Å². The van der Waals surface area contributed by atoms with Gasteiger partial charge in [0, 0.05) is 42.5 Å². The van der Waals surface area contributed by atoms with Gasteiger partial charge in [-0.25, -0.2) is 19.0 Å². The number of halogens is 4. The van der Waals surface area contributed by atoms with Gasteiger partial charge in [-0.1, -0.05) is 0 Å². The number of fused-ring (bicyclic) bond motifs is 2. The van der Waals surface area contributed by atoms with Crippen molar-refractivity contribution in [3.8, 4) is 11.1 Å². The number of imidazole rings is 1.